The fourth-order valence-corrected chi connectivity index (χ4v) is 1.80. The smallest absolute Gasteiger partial charge is 0.253 e. The predicted molar refractivity (Wildman–Crippen MR) is 62.1 cm³/mol. The van der Waals surface area contributed by atoms with Gasteiger partial charge in [0.2, 0.25) is 0 Å². The van der Waals surface area contributed by atoms with Crippen molar-refractivity contribution in [2.75, 3.05) is 26.7 Å². The summed E-state index contributed by atoms with van der Waals surface area (Å²) in [5.74, 6) is 0.0283. The zero-order chi connectivity index (χ0) is 10.8. The third kappa shape index (κ3) is 3.63. The van der Waals surface area contributed by atoms with Crippen LogP contribution in [0.15, 0.2) is 0 Å². The number of hydrogen-bond donors (Lipinski definition) is 1. The summed E-state index contributed by atoms with van der Waals surface area (Å²) in [5.41, 5.74) is 5.69. The Hall–Kier alpha value is -0.320. The highest BCUT2D eigenvalue weighted by molar-refractivity contribution is 5.85. The second-order valence-corrected chi connectivity index (χ2v) is 4.63. The van der Waals surface area contributed by atoms with Crippen molar-refractivity contribution in [2.24, 2.45) is 11.1 Å². The van der Waals surface area contributed by atoms with Crippen LogP contribution in [0, 0.1) is 5.41 Å². The Morgan fingerprint density at radius 3 is 2.53 bits per heavy atom. The molecule has 0 bridgehead atoms. The van der Waals surface area contributed by atoms with Gasteiger partial charge in [-0.05, 0) is 11.8 Å². The minimum Gasteiger partial charge on any atom is -0.370 e. The van der Waals surface area contributed by atoms with Crippen molar-refractivity contribution in [3.8, 4) is 0 Å². The molecule has 1 rings (SSSR count). The van der Waals surface area contributed by atoms with Crippen LogP contribution in [0.4, 0.5) is 0 Å². The molecule has 1 amide bonds. The molecule has 1 aliphatic heterocycles. The van der Waals surface area contributed by atoms with Gasteiger partial charge in [-0.15, -0.1) is 12.4 Å². The van der Waals surface area contributed by atoms with E-state index in [2.05, 4.69) is 13.8 Å². The number of halogens is 1. The van der Waals surface area contributed by atoms with Crippen LogP contribution in [0.25, 0.3) is 0 Å². The normalized spacial score (nSPS) is 20.9. The number of ether oxygens (including phenoxy) is 1. The van der Waals surface area contributed by atoms with Crippen molar-refractivity contribution in [2.45, 2.75) is 26.4 Å². The van der Waals surface area contributed by atoms with E-state index in [4.69, 9.17) is 10.5 Å². The van der Waals surface area contributed by atoms with Crippen LogP contribution in [0.3, 0.4) is 0 Å². The van der Waals surface area contributed by atoms with Gasteiger partial charge in [-0.2, -0.15) is 0 Å². The van der Waals surface area contributed by atoms with E-state index in [0.717, 1.165) is 19.5 Å². The van der Waals surface area contributed by atoms with Crippen LogP contribution in [0.5, 0.6) is 0 Å². The molecule has 1 fully saturated rings. The lowest BCUT2D eigenvalue weighted by atomic mass is 9.93. The second-order valence-electron chi connectivity index (χ2n) is 4.63. The molecule has 1 aliphatic rings. The van der Waals surface area contributed by atoms with Crippen molar-refractivity contribution < 1.29 is 9.53 Å². The average Bonchev–Trinajstić information content (AvgIpc) is 2.48. The third-order valence-electron chi connectivity index (χ3n) is 2.76. The molecule has 0 radical (unpaired) electrons. The number of carbonyl (C=O) groups excluding carboxylic acids is 1. The number of carbonyl (C=O) groups is 1. The molecule has 5 heteroatoms. The van der Waals surface area contributed by atoms with E-state index in [9.17, 15) is 4.79 Å². The summed E-state index contributed by atoms with van der Waals surface area (Å²) < 4.78 is 5.03. The summed E-state index contributed by atoms with van der Waals surface area (Å²) in [6.45, 7) is 6.23. The molecule has 0 saturated carbocycles. The molecule has 0 aromatic rings. The fraction of sp³-hybridized carbons (Fsp3) is 0.900. The van der Waals surface area contributed by atoms with Gasteiger partial charge in [0.15, 0.2) is 0 Å². The summed E-state index contributed by atoms with van der Waals surface area (Å²) in [7, 11) is 1.52. The first kappa shape index (κ1) is 14.7. The zero-order valence-electron chi connectivity index (χ0n) is 9.66. The summed E-state index contributed by atoms with van der Waals surface area (Å²) >= 11 is 0. The van der Waals surface area contributed by atoms with Crippen molar-refractivity contribution in [3.05, 3.63) is 0 Å². The largest absolute Gasteiger partial charge is 0.370 e. The minimum atomic E-state index is -0.469. The lowest BCUT2D eigenvalue weighted by molar-refractivity contribution is -0.140. The molecule has 0 aromatic heterocycles. The Kier molecular flexibility index (Phi) is 5.56. The van der Waals surface area contributed by atoms with Gasteiger partial charge in [-0.25, -0.2) is 0 Å². The molecule has 1 heterocycles. The summed E-state index contributed by atoms with van der Waals surface area (Å²) in [5, 5.41) is 0. The highest BCUT2D eigenvalue weighted by Gasteiger charge is 2.34. The summed E-state index contributed by atoms with van der Waals surface area (Å²) in [6, 6.07) is 0. The van der Waals surface area contributed by atoms with E-state index in [0.29, 0.717) is 0 Å². The van der Waals surface area contributed by atoms with E-state index >= 15 is 0 Å². The van der Waals surface area contributed by atoms with E-state index in [-0.39, 0.29) is 30.3 Å². The third-order valence-corrected chi connectivity index (χ3v) is 2.76. The molecular weight excluding hydrogens is 216 g/mol. The maximum absolute atomic E-state index is 11.8. The first-order valence-corrected chi connectivity index (χ1v) is 5.02. The van der Waals surface area contributed by atoms with Crippen LogP contribution in [0.1, 0.15) is 20.3 Å². The van der Waals surface area contributed by atoms with Gasteiger partial charge < -0.3 is 15.4 Å². The Labute approximate surface area is 97.5 Å². The number of nitrogens with two attached hydrogens (primary N) is 1. The van der Waals surface area contributed by atoms with E-state index in [1.165, 1.54) is 7.11 Å². The average molecular weight is 237 g/mol. The molecule has 2 N–H and O–H groups in total. The first-order chi connectivity index (χ1) is 6.50. The summed E-state index contributed by atoms with van der Waals surface area (Å²) in [4.78, 5) is 13.7. The van der Waals surface area contributed by atoms with Crippen molar-refractivity contribution in [1.29, 1.82) is 0 Å². The van der Waals surface area contributed by atoms with Gasteiger partial charge in [0.05, 0.1) is 0 Å². The first-order valence-electron chi connectivity index (χ1n) is 5.02. The minimum absolute atomic E-state index is 0. The molecular formula is C10H21ClN2O2. The summed E-state index contributed by atoms with van der Waals surface area (Å²) in [6.07, 6.45) is 0.587. The highest BCUT2D eigenvalue weighted by Crippen LogP contribution is 2.29. The maximum Gasteiger partial charge on any atom is 0.253 e. The van der Waals surface area contributed by atoms with Gasteiger partial charge in [-0.1, -0.05) is 13.8 Å². The van der Waals surface area contributed by atoms with E-state index < -0.39 is 6.10 Å². The monoisotopic (exact) mass is 236 g/mol. The van der Waals surface area contributed by atoms with Crippen LogP contribution >= 0.6 is 12.4 Å². The number of hydrogen-bond acceptors (Lipinski definition) is 3. The van der Waals surface area contributed by atoms with E-state index in [1.54, 1.807) is 0 Å². The Morgan fingerprint density at radius 1 is 1.60 bits per heavy atom. The fourth-order valence-electron chi connectivity index (χ4n) is 1.80. The van der Waals surface area contributed by atoms with Gasteiger partial charge in [0.1, 0.15) is 6.10 Å². The van der Waals surface area contributed by atoms with Crippen LogP contribution < -0.4 is 5.73 Å². The van der Waals surface area contributed by atoms with E-state index in [1.807, 2.05) is 4.90 Å². The second kappa shape index (κ2) is 5.68. The molecule has 90 valence electrons. The topological polar surface area (TPSA) is 55.6 Å². The maximum atomic E-state index is 11.8. The number of rotatable bonds is 3. The van der Waals surface area contributed by atoms with Crippen LogP contribution in [-0.2, 0) is 9.53 Å². The van der Waals surface area contributed by atoms with Gasteiger partial charge in [0, 0.05) is 26.7 Å². The Balaban J connectivity index is 0.00000196. The van der Waals surface area contributed by atoms with Crippen molar-refractivity contribution >= 4 is 18.3 Å². The molecule has 1 saturated heterocycles. The SMILES string of the molecule is COC(CN)C(=O)N1CCC(C)(C)C1.Cl. The molecule has 1 atom stereocenters. The lowest BCUT2D eigenvalue weighted by Crippen LogP contribution is -2.43. The van der Waals surface area contributed by atoms with Crippen molar-refractivity contribution in [3.63, 3.8) is 0 Å². The number of methoxy groups -OCH3 is 1. The van der Waals surface area contributed by atoms with Gasteiger partial charge >= 0.3 is 0 Å². The quantitative estimate of drug-likeness (QED) is 0.783. The zero-order valence-corrected chi connectivity index (χ0v) is 10.5. The molecule has 4 nitrogen and oxygen atoms in total. The number of likely N-dealkylation sites (tertiary alicyclic amines) is 1. The number of nitrogens with zero attached hydrogens (tertiary/aromatic N) is 1. The molecule has 1 unspecified atom stereocenters. The Bertz CT molecular complexity index is 217. The predicted octanol–water partition coefficient (Wildman–Crippen LogP) is 0.640. The van der Waals surface area contributed by atoms with Gasteiger partial charge in [0.25, 0.3) is 5.91 Å². The molecule has 0 aromatic carbocycles. The standard InChI is InChI=1S/C10H20N2O2.ClH/c1-10(2)4-5-12(7-10)9(13)8(6-11)14-3;/h8H,4-7,11H2,1-3H3;1H. The van der Waals surface area contributed by atoms with Crippen LogP contribution in [0.2, 0.25) is 0 Å². The molecule has 0 aliphatic carbocycles. The molecule has 0 spiro atoms. The van der Waals surface area contributed by atoms with Gasteiger partial charge in [-0.3, -0.25) is 4.79 Å². The Morgan fingerprint density at radius 2 is 2.20 bits per heavy atom. The number of amides is 1. The highest BCUT2D eigenvalue weighted by atomic mass is 35.5. The molecule has 15 heavy (non-hydrogen) atoms. The van der Waals surface area contributed by atoms with Crippen LogP contribution in [-0.4, -0.2) is 43.7 Å². The lowest BCUT2D eigenvalue weighted by Gasteiger charge is -2.23. The van der Waals surface area contributed by atoms with Crippen molar-refractivity contribution in [1.82, 2.24) is 4.90 Å².